The summed E-state index contributed by atoms with van der Waals surface area (Å²) >= 11 is 0. The number of rotatable bonds is 3. The molecule has 0 bridgehead atoms. The van der Waals surface area contributed by atoms with Gasteiger partial charge in [0.25, 0.3) is 0 Å². The lowest BCUT2D eigenvalue weighted by Crippen LogP contribution is -2.36. The Balaban J connectivity index is 1.61. The fraction of sp³-hybridized carbons (Fsp3) is 0.375. The number of ether oxygens (including phenoxy) is 4. The highest BCUT2D eigenvalue weighted by molar-refractivity contribution is 6.31. The summed E-state index contributed by atoms with van der Waals surface area (Å²) in [5.74, 6) is -3.38. The Morgan fingerprint density at radius 3 is 1.31 bits per heavy atom. The van der Waals surface area contributed by atoms with Crippen LogP contribution in [0.5, 0.6) is 23.0 Å². The number of benzene rings is 2. The molecule has 4 aliphatic rings. The summed E-state index contributed by atoms with van der Waals surface area (Å²) in [6, 6.07) is 2.67. The van der Waals surface area contributed by atoms with Crippen LogP contribution >= 0.6 is 0 Å². The molecule has 0 amide bonds. The number of hydrogen-bond acceptors (Lipinski definition) is 10. The molecule has 2 aromatic rings. The molecule has 0 spiro atoms. The number of fused-ring (bicyclic) bond motifs is 2. The molecular formula is C32H30O10. The molecular weight excluding hydrogens is 544 g/mol. The first-order chi connectivity index (χ1) is 19.9. The molecule has 2 aliphatic heterocycles. The maximum Gasteiger partial charge on any atom is 0.196 e. The molecule has 0 saturated heterocycles. The molecule has 2 aliphatic carbocycles. The zero-order chi connectivity index (χ0) is 30.4. The van der Waals surface area contributed by atoms with Gasteiger partial charge in [-0.2, -0.15) is 0 Å². The first-order valence-corrected chi connectivity index (χ1v) is 13.7. The summed E-state index contributed by atoms with van der Waals surface area (Å²) in [5.41, 5.74) is 0.0244. The molecule has 0 saturated carbocycles. The third-order valence-corrected chi connectivity index (χ3v) is 8.52. The van der Waals surface area contributed by atoms with Crippen molar-refractivity contribution in [1.29, 1.82) is 0 Å². The average Bonchev–Trinajstić information content (AvgIpc) is 2.93. The number of carbonyl (C=O) groups excluding carboxylic acids is 4. The van der Waals surface area contributed by atoms with Gasteiger partial charge in [0, 0.05) is 46.3 Å². The fourth-order valence-corrected chi connectivity index (χ4v) is 6.79. The minimum absolute atomic E-state index is 0.0436. The second kappa shape index (κ2) is 9.64. The zero-order valence-electron chi connectivity index (χ0n) is 24.0. The topological polar surface area (TPSA) is 146 Å². The van der Waals surface area contributed by atoms with E-state index in [1.165, 1.54) is 26.4 Å². The summed E-state index contributed by atoms with van der Waals surface area (Å²) in [5, 5.41) is 23.4. The van der Waals surface area contributed by atoms with E-state index in [0.29, 0.717) is 11.1 Å². The van der Waals surface area contributed by atoms with Crippen molar-refractivity contribution in [2.24, 2.45) is 0 Å². The molecule has 0 radical (unpaired) electrons. The largest absolute Gasteiger partial charge is 0.506 e. The number of ketones is 4. The fourth-order valence-electron chi connectivity index (χ4n) is 6.79. The number of aromatic hydroxyl groups is 2. The zero-order valence-corrected chi connectivity index (χ0v) is 24.0. The Morgan fingerprint density at radius 1 is 0.619 bits per heavy atom. The molecule has 0 aromatic heterocycles. The van der Waals surface area contributed by atoms with E-state index in [9.17, 15) is 29.4 Å². The van der Waals surface area contributed by atoms with E-state index in [-0.39, 0.29) is 81.1 Å². The molecule has 6 rings (SSSR count). The minimum atomic E-state index is -0.682. The smallest absolute Gasteiger partial charge is 0.196 e. The van der Waals surface area contributed by atoms with Crippen molar-refractivity contribution < 1.29 is 48.3 Å². The van der Waals surface area contributed by atoms with Crippen LogP contribution in [0.3, 0.4) is 0 Å². The van der Waals surface area contributed by atoms with Gasteiger partial charge in [-0.3, -0.25) is 19.2 Å². The summed E-state index contributed by atoms with van der Waals surface area (Å²) < 4.78 is 22.7. The Kier molecular flexibility index (Phi) is 6.40. The third-order valence-electron chi connectivity index (χ3n) is 8.52. The maximum atomic E-state index is 13.8. The van der Waals surface area contributed by atoms with Gasteiger partial charge in [-0.1, -0.05) is 0 Å². The van der Waals surface area contributed by atoms with Gasteiger partial charge >= 0.3 is 0 Å². The predicted octanol–water partition coefficient (Wildman–Crippen LogP) is 4.53. The molecule has 2 N–H and O–H groups in total. The van der Waals surface area contributed by atoms with E-state index >= 15 is 0 Å². The summed E-state index contributed by atoms with van der Waals surface area (Å²) in [4.78, 5) is 54.8. The second-order valence-electron chi connectivity index (χ2n) is 11.1. The van der Waals surface area contributed by atoms with Gasteiger partial charge in [-0.25, -0.2) is 0 Å². The van der Waals surface area contributed by atoms with Crippen LogP contribution in [-0.2, 0) is 9.47 Å². The van der Waals surface area contributed by atoms with Crippen LogP contribution in [0.1, 0.15) is 82.0 Å². The molecule has 42 heavy (non-hydrogen) atoms. The van der Waals surface area contributed by atoms with Crippen molar-refractivity contribution in [2.75, 3.05) is 14.2 Å². The molecule has 2 heterocycles. The lowest BCUT2D eigenvalue weighted by atomic mass is 9.75. The van der Waals surface area contributed by atoms with E-state index in [1.54, 1.807) is 13.8 Å². The van der Waals surface area contributed by atoms with Crippen LogP contribution in [0.15, 0.2) is 34.4 Å². The highest BCUT2D eigenvalue weighted by Gasteiger charge is 2.45. The quantitative estimate of drug-likeness (QED) is 0.536. The predicted molar refractivity (Wildman–Crippen MR) is 149 cm³/mol. The summed E-state index contributed by atoms with van der Waals surface area (Å²) in [6.45, 7) is 6.96. The highest BCUT2D eigenvalue weighted by atomic mass is 16.5. The van der Waals surface area contributed by atoms with Gasteiger partial charge in [0.2, 0.25) is 0 Å². The van der Waals surface area contributed by atoms with E-state index in [0.717, 1.165) is 0 Å². The van der Waals surface area contributed by atoms with Crippen molar-refractivity contribution in [1.82, 2.24) is 0 Å². The normalized spacial score (nSPS) is 25.2. The number of phenolic OH excluding ortho intramolecular Hbond substituents is 2. The van der Waals surface area contributed by atoms with Crippen molar-refractivity contribution >= 4 is 23.1 Å². The lowest BCUT2D eigenvalue weighted by Gasteiger charge is -2.34. The van der Waals surface area contributed by atoms with Crippen LogP contribution in [-0.4, -0.2) is 72.0 Å². The third kappa shape index (κ3) is 3.71. The van der Waals surface area contributed by atoms with E-state index in [1.807, 2.05) is 13.8 Å². The number of phenols is 2. The Morgan fingerprint density at radius 2 is 0.976 bits per heavy atom. The van der Waals surface area contributed by atoms with Crippen LogP contribution in [0, 0.1) is 0 Å². The van der Waals surface area contributed by atoms with Gasteiger partial charge in [0.15, 0.2) is 23.1 Å². The molecule has 0 unspecified atom stereocenters. The van der Waals surface area contributed by atoms with Gasteiger partial charge in [0.05, 0.1) is 60.9 Å². The Bertz CT molecular complexity index is 1580. The van der Waals surface area contributed by atoms with Gasteiger partial charge in [-0.15, -0.1) is 0 Å². The monoisotopic (exact) mass is 574 g/mol. The molecule has 4 atom stereocenters. The van der Waals surface area contributed by atoms with Crippen molar-refractivity contribution in [3.05, 3.63) is 56.7 Å². The highest BCUT2D eigenvalue weighted by Crippen LogP contribution is 2.54. The lowest BCUT2D eigenvalue weighted by molar-refractivity contribution is 0.0145. The van der Waals surface area contributed by atoms with Gasteiger partial charge < -0.3 is 29.2 Å². The molecule has 10 heteroatoms. The number of Topliss-reactive ketones (excluding diaryl/α,β-unsaturated/α-hetero) is 4. The minimum Gasteiger partial charge on any atom is -0.506 e. The molecule has 2 aromatic carbocycles. The van der Waals surface area contributed by atoms with E-state index < -0.39 is 46.8 Å². The number of hydrogen-bond donors (Lipinski definition) is 2. The average molecular weight is 575 g/mol. The van der Waals surface area contributed by atoms with Crippen LogP contribution in [0.25, 0.3) is 11.1 Å². The number of carbonyl (C=O) groups is 4. The molecule has 10 nitrogen and oxygen atoms in total. The van der Waals surface area contributed by atoms with Crippen molar-refractivity contribution in [3.8, 4) is 34.1 Å². The Labute approximate surface area is 241 Å². The van der Waals surface area contributed by atoms with Crippen LogP contribution in [0.2, 0.25) is 0 Å². The maximum absolute atomic E-state index is 13.8. The summed E-state index contributed by atoms with van der Waals surface area (Å²) in [7, 11) is 2.61. The Hall–Kier alpha value is -4.28. The number of methoxy groups -OCH3 is 2. The first-order valence-electron chi connectivity index (χ1n) is 13.7. The van der Waals surface area contributed by atoms with Crippen molar-refractivity contribution in [2.45, 2.75) is 65.0 Å². The van der Waals surface area contributed by atoms with Crippen molar-refractivity contribution in [3.63, 3.8) is 0 Å². The van der Waals surface area contributed by atoms with E-state index in [4.69, 9.17) is 18.9 Å². The van der Waals surface area contributed by atoms with Crippen LogP contribution in [0.4, 0.5) is 0 Å². The SMILES string of the molecule is COc1cc2c(c(O)c1-c1c(OC)cc3c(c1O)C(=O)C1=C(C[C@H](C)O[C@@H]1C)C3=O)C(=O)C1=C(C[C@H](C)O[C@@H]1C)C2=O. The molecule has 0 fully saturated rings. The van der Waals surface area contributed by atoms with Gasteiger partial charge in [0.1, 0.15) is 23.0 Å². The second-order valence-corrected chi connectivity index (χ2v) is 11.1. The van der Waals surface area contributed by atoms with E-state index in [2.05, 4.69) is 0 Å². The summed E-state index contributed by atoms with van der Waals surface area (Å²) in [6.07, 6.45) is -1.44. The van der Waals surface area contributed by atoms with Crippen LogP contribution < -0.4 is 9.47 Å². The first kappa shape index (κ1) is 27.9. The van der Waals surface area contributed by atoms with Gasteiger partial charge in [-0.05, 0) is 39.8 Å². The molecule has 218 valence electrons. The standard InChI is InChI=1S/C32H30O10/c1-11-7-15-21(13(3)41-11)29(35)23-17(27(15)33)9-19(39-5)25(31(23)37)26-20(40-6)10-18-24(32(26)38)30(36)22-14(4)42-12(2)8-16(22)28(18)34/h9-14,37-38H,7-8H2,1-6H3/t11-,12-,13+,14+/m0/s1.